The first-order valence-electron chi connectivity index (χ1n) is 9.44. The van der Waals surface area contributed by atoms with Gasteiger partial charge in [0, 0.05) is 24.4 Å². The first kappa shape index (κ1) is 21.8. The number of nitrogen functional groups attached to an aromatic ring is 1. The zero-order valence-electron chi connectivity index (χ0n) is 16.5. The normalized spacial score (nSPS) is 14.7. The van der Waals surface area contributed by atoms with Crippen LogP contribution in [-0.2, 0) is 17.7 Å². The number of hydrogen-bond donors (Lipinski definition) is 3. The Morgan fingerprint density at radius 3 is 2.80 bits per heavy atom. The van der Waals surface area contributed by atoms with Crippen molar-refractivity contribution in [1.82, 2.24) is 4.98 Å². The van der Waals surface area contributed by atoms with E-state index in [9.17, 15) is 5.02 Å². The number of benzene rings is 2. The van der Waals surface area contributed by atoms with Gasteiger partial charge >= 0.3 is 7.12 Å². The van der Waals surface area contributed by atoms with E-state index in [2.05, 4.69) is 11.1 Å². The number of nitrogens with one attached hydrogen (secondary N) is 1. The first-order valence-corrected chi connectivity index (χ1v) is 9.44. The smallest absolute Gasteiger partial charge is 0.488 e. The number of ether oxygens (including phenoxy) is 1. The van der Waals surface area contributed by atoms with Crippen LogP contribution in [0.15, 0.2) is 60.9 Å². The van der Waals surface area contributed by atoms with Gasteiger partial charge in [-0.3, -0.25) is 10.4 Å². The van der Waals surface area contributed by atoms with Crippen LogP contribution in [0.1, 0.15) is 33.9 Å². The summed E-state index contributed by atoms with van der Waals surface area (Å²) in [6, 6.07) is 15.3. The van der Waals surface area contributed by atoms with Crippen LogP contribution in [0.2, 0.25) is 0 Å². The predicted octanol–water partition coefficient (Wildman–Crippen LogP) is 2.68. The van der Waals surface area contributed by atoms with Crippen LogP contribution in [0.4, 0.5) is 0 Å². The van der Waals surface area contributed by atoms with E-state index in [1.165, 1.54) is 0 Å². The molecule has 2 heterocycles. The maximum absolute atomic E-state index is 10.2. The summed E-state index contributed by atoms with van der Waals surface area (Å²) in [4.78, 5) is 4.09. The molecule has 30 heavy (non-hydrogen) atoms. The van der Waals surface area contributed by atoms with Gasteiger partial charge in [0.2, 0.25) is 0 Å². The summed E-state index contributed by atoms with van der Waals surface area (Å²) in [5.41, 5.74) is 11.1. The third kappa shape index (κ3) is 4.65. The fraction of sp³-hybridized carbons (Fsp3) is 0.182. The maximum Gasteiger partial charge on any atom is 0.491 e. The molecule has 4 rings (SSSR count). The van der Waals surface area contributed by atoms with Crippen LogP contribution in [0.3, 0.4) is 0 Å². The lowest BCUT2D eigenvalue weighted by Crippen LogP contribution is -2.27. The molecule has 2 aromatic carbocycles. The predicted molar refractivity (Wildman–Crippen MR) is 120 cm³/mol. The number of aryl methyl sites for hydroxylation is 1. The van der Waals surface area contributed by atoms with E-state index in [1.807, 2.05) is 43.3 Å². The number of halogens is 1. The second-order valence-electron chi connectivity index (χ2n) is 7.21. The van der Waals surface area contributed by atoms with Gasteiger partial charge in [-0.2, -0.15) is 0 Å². The number of rotatable bonds is 6. The molecule has 4 N–H and O–H groups in total. The zero-order valence-corrected chi connectivity index (χ0v) is 17.4. The van der Waals surface area contributed by atoms with Crippen LogP contribution in [0.5, 0.6) is 5.75 Å². The largest absolute Gasteiger partial charge is 0.491 e. The van der Waals surface area contributed by atoms with Crippen molar-refractivity contribution in [2.45, 2.75) is 26.1 Å². The van der Waals surface area contributed by atoms with E-state index < -0.39 is 7.12 Å². The van der Waals surface area contributed by atoms with Crippen molar-refractivity contribution in [2.75, 3.05) is 0 Å². The topological polar surface area (TPSA) is 101 Å². The maximum atomic E-state index is 10.2. The Morgan fingerprint density at radius 1 is 1.23 bits per heavy atom. The molecule has 0 fully saturated rings. The fourth-order valence-electron chi connectivity index (χ4n) is 3.55. The highest BCUT2D eigenvalue weighted by molar-refractivity contribution is 6.61. The summed E-state index contributed by atoms with van der Waals surface area (Å²) < 4.78 is 11.7. The second kappa shape index (κ2) is 9.30. The minimum atomic E-state index is -0.909. The standard InChI is InChI=1S/C22H22BN3O3.ClH/c1-14-4-7-19-18(9-14)21(29-23(19)27)11-15-5-6-17(22(24)25)20(10-15)28-13-16-3-2-8-26-12-16;/h2-10,12,21,27H,11,13H2,1H3,(H3,24,25);1H. The second-order valence-corrected chi connectivity index (χ2v) is 7.21. The number of amidine groups is 1. The Balaban J connectivity index is 0.00000256. The van der Waals surface area contributed by atoms with Crippen molar-refractivity contribution in [3.8, 4) is 5.75 Å². The van der Waals surface area contributed by atoms with Gasteiger partial charge in [0.05, 0.1) is 11.7 Å². The zero-order chi connectivity index (χ0) is 20.4. The Kier molecular flexibility index (Phi) is 6.77. The molecule has 0 radical (unpaired) electrons. The van der Waals surface area contributed by atoms with Gasteiger partial charge in [0.25, 0.3) is 0 Å². The lowest BCUT2D eigenvalue weighted by molar-refractivity contribution is 0.190. The summed E-state index contributed by atoms with van der Waals surface area (Å²) in [5.74, 6) is 0.494. The molecule has 6 nitrogen and oxygen atoms in total. The van der Waals surface area contributed by atoms with E-state index in [4.69, 9.17) is 20.5 Å². The summed E-state index contributed by atoms with van der Waals surface area (Å²) in [5, 5.41) is 18.0. The molecule has 8 heteroatoms. The van der Waals surface area contributed by atoms with Gasteiger partial charge in [0.15, 0.2) is 0 Å². The van der Waals surface area contributed by atoms with E-state index in [0.717, 1.165) is 27.7 Å². The molecule has 1 aliphatic heterocycles. The highest BCUT2D eigenvalue weighted by Gasteiger charge is 2.35. The molecular formula is C22H23BClN3O3. The molecule has 0 spiro atoms. The molecule has 1 unspecified atom stereocenters. The van der Waals surface area contributed by atoms with Crippen LogP contribution >= 0.6 is 12.4 Å². The third-order valence-corrected chi connectivity index (χ3v) is 5.02. The van der Waals surface area contributed by atoms with Crippen LogP contribution in [0, 0.1) is 12.3 Å². The van der Waals surface area contributed by atoms with Crippen molar-refractivity contribution < 1.29 is 14.4 Å². The molecule has 3 aromatic rings. The van der Waals surface area contributed by atoms with Crippen molar-refractivity contribution in [3.63, 3.8) is 0 Å². The molecule has 0 amide bonds. The van der Waals surface area contributed by atoms with E-state index in [1.54, 1.807) is 18.5 Å². The highest BCUT2D eigenvalue weighted by atomic mass is 35.5. The number of fused-ring (bicyclic) bond motifs is 1. The Labute approximate surface area is 182 Å². The van der Waals surface area contributed by atoms with Crippen molar-refractivity contribution >= 4 is 30.8 Å². The average Bonchev–Trinajstić information content (AvgIpc) is 3.01. The lowest BCUT2D eigenvalue weighted by atomic mass is 9.78. The Bertz CT molecular complexity index is 1050. The minimum absolute atomic E-state index is 0. The van der Waals surface area contributed by atoms with Crippen molar-refractivity contribution in [1.29, 1.82) is 5.41 Å². The minimum Gasteiger partial charge on any atom is -0.488 e. The number of hydrogen-bond acceptors (Lipinski definition) is 5. The van der Waals surface area contributed by atoms with Crippen LogP contribution in [0.25, 0.3) is 0 Å². The molecular weight excluding hydrogens is 401 g/mol. The SMILES string of the molecule is Cc1ccc2c(c1)C(Cc1ccc(C(=N)N)c(OCc3cccnc3)c1)OB2O.Cl. The average molecular weight is 424 g/mol. The van der Waals surface area contributed by atoms with Crippen molar-refractivity contribution in [2.24, 2.45) is 5.73 Å². The van der Waals surface area contributed by atoms with E-state index >= 15 is 0 Å². The van der Waals surface area contributed by atoms with Gasteiger partial charge in [-0.15, -0.1) is 12.4 Å². The van der Waals surface area contributed by atoms with Crippen LogP contribution < -0.4 is 15.9 Å². The molecule has 1 aliphatic rings. The van der Waals surface area contributed by atoms with Gasteiger partial charge < -0.3 is 20.1 Å². The lowest BCUT2D eigenvalue weighted by Gasteiger charge is -2.16. The Morgan fingerprint density at radius 2 is 2.07 bits per heavy atom. The molecule has 0 saturated heterocycles. The summed E-state index contributed by atoms with van der Waals surface area (Å²) >= 11 is 0. The van der Waals surface area contributed by atoms with E-state index in [0.29, 0.717) is 24.3 Å². The Hall–Kier alpha value is -2.87. The monoisotopic (exact) mass is 423 g/mol. The quantitative estimate of drug-likeness (QED) is 0.321. The molecule has 1 aromatic heterocycles. The molecule has 0 aliphatic carbocycles. The van der Waals surface area contributed by atoms with Crippen LogP contribution in [-0.4, -0.2) is 23.0 Å². The van der Waals surface area contributed by atoms with Crippen molar-refractivity contribution in [3.05, 3.63) is 88.7 Å². The molecule has 154 valence electrons. The number of nitrogens with zero attached hydrogens (tertiary/aromatic N) is 1. The van der Waals surface area contributed by atoms with Gasteiger partial charge in [-0.25, -0.2) is 0 Å². The molecule has 0 bridgehead atoms. The first-order chi connectivity index (χ1) is 14.0. The number of nitrogens with two attached hydrogens (primary N) is 1. The molecule has 0 saturated carbocycles. The summed E-state index contributed by atoms with van der Waals surface area (Å²) in [7, 11) is -0.909. The van der Waals surface area contributed by atoms with Gasteiger partial charge in [0.1, 0.15) is 18.2 Å². The highest BCUT2D eigenvalue weighted by Crippen LogP contribution is 2.30. The summed E-state index contributed by atoms with van der Waals surface area (Å²) in [6.45, 7) is 2.35. The van der Waals surface area contributed by atoms with Gasteiger partial charge in [-0.1, -0.05) is 35.9 Å². The van der Waals surface area contributed by atoms with E-state index in [-0.39, 0.29) is 24.3 Å². The number of aromatic nitrogens is 1. The number of pyridine rings is 1. The summed E-state index contributed by atoms with van der Waals surface area (Å²) in [6.07, 6.45) is 3.79. The third-order valence-electron chi connectivity index (χ3n) is 5.02. The molecule has 1 atom stereocenters. The van der Waals surface area contributed by atoms with Gasteiger partial charge in [-0.05, 0) is 41.7 Å². The fourth-order valence-corrected chi connectivity index (χ4v) is 3.55.